The molecule has 0 saturated carbocycles. The highest BCUT2D eigenvalue weighted by atomic mass is 16.8. The van der Waals surface area contributed by atoms with Crippen LogP contribution in [-0.4, -0.2) is 170 Å². The molecule has 3 fully saturated rings. The molecule has 0 bridgehead atoms. The fourth-order valence-corrected chi connectivity index (χ4v) is 6.02. The van der Waals surface area contributed by atoms with Crippen molar-refractivity contribution in [1.82, 2.24) is 0 Å². The summed E-state index contributed by atoms with van der Waals surface area (Å²) in [6, 6.07) is 8.39. The van der Waals surface area contributed by atoms with Gasteiger partial charge in [-0.1, -0.05) is 12.1 Å². The van der Waals surface area contributed by atoms with Crippen LogP contribution in [0.4, 0.5) is 0 Å². The van der Waals surface area contributed by atoms with Gasteiger partial charge in [0.15, 0.2) is 48.0 Å². The zero-order valence-corrected chi connectivity index (χ0v) is 29.2. The molecule has 19 heteroatoms. The van der Waals surface area contributed by atoms with Gasteiger partial charge in [-0.3, -0.25) is 0 Å². The van der Waals surface area contributed by atoms with Crippen molar-refractivity contribution in [3.63, 3.8) is 0 Å². The van der Waals surface area contributed by atoms with Gasteiger partial charge in [-0.05, 0) is 54.8 Å². The largest absolute Gasteiger partial charge is 0.504 e. The van der Waals surface area contributed by atoms with Gasteiger partial charge in [0.2, 0.25) is 0 Å². The van der Waals surface area contributed by atoms with Crippen molar-refractivity contribution in [2.45, 2.75) is 92.8 Å². The minimum absolute atomic E-state index is 0.0828. The summed E-state index contributed by atoms with van der Waals surface area (Å²) in [5, 5.41) is 103. The second-order valence-corrected chi connectivity index (χ2v) is 13.1. The van der Waals surface area contributed by atoms with Crippen LogP contribution in [0.15, 0.2) is 42.5 Å². The monoisotopic (exact) mass is 770 g/mol. The van der Waals surface area contributed by atoms with E-state index in [4.69, 9.17) is 37.9 Å². The van der Waals surface area contributed by atoms with E-state index in [-0.39, 0.29) is 24.5 Å². The first kappa shape index (κ1) is 41.5. The predicted molar refractivity (Wildman–Crippen MR) is 179 cm³/mol. The number of phenols is 3. The zero-order valence-electron chi connectivity index (χ0n) is 29.2. The molecular formula is C35H46O19. The van der Waals surface area contributed by atoms with Gasteiger partial charge in [0.25, 0.3) is 0 Å². The maximum Gasteiger partial charge on any atom is 0.331 e. The number of esters is 1. The molecule has 0 radical (unpaired) electrons. The third-order valence-corrected chi connectivity index (χ3v) is 9.30. The van der Waals surface area contributed by atoms with Gasteiger partial charge in [-0.25, -0.2) is 4.79 Å². The van der Waals surface area contributed by atoms with Crippen LogP contribution >= 0.6 is 0 Å². The third-order valence-electron chi connectivity index (χ3n) is 9.30. The minimum Gasteiger partial charge on any atom is -0.504 e. The van der Waals surface area contributed by atoms with Crippen LogP contribution in [0.25, 0.3) is 6.08 Å². The van der Waals surface area contributed by atoms with Crippen LogP contribution in [0, 0.1) is 0 Å². The van der Waals surface area contributed by atoms with E-state index in [0.29, 0.717) is 11.1 Å². The molecule has 2 aromatic rings. The van der Waals surface area contributed by atoms with Gasteiger partial charge in [-0.2, -0.15) is 0 Å². The Morgan fingerprint density at radius 1 is 0.870 bits per heavy atom. The number of aromatic hydroxyl groups is 3. The number of methoxy groups -OCH3 is 1. The number of aliphatic hydroxyl groups excluding tert-OH is 6. The first-order chi connectivity index (χ1) is 25.6. The minimum atomic E-state index is -2.04. The van der Waals surface area contributed by atoms with E-state index in [0.717, 1.165) is 6.08 Å². The number of rotatable bonds is 14. The number of benzene rings is 2. The summed E-state index contributed by atoms with van der Waals surface area (Å²) in [7, 11) is 1.38. The Hall–Kier alpha value is -3.67. The second kappa shape index (κ2) is 17.9. The van der Waals surface area contributed by atoms with Crippen LogP contribution in [0.5, 0.6) is 23.0 Å². The summed E-state index contributed by atoms with van der Waals surface area (Å²) in [6.45, 7) is -0.613. The number of hydrogen-bond donors (Lipinski definition) is 10. The molecule has 3 aliphatic rings. The number of carbonyl (C=O) groups is 1. The van der Waals surface area contributed by atoms with E-state index in [1.807, 2.05) is 0 Å². The van der Waals surface area contributed by atoms with E-state index in [1.165, 1.54) is 44.4 Å². The van der Waals surface area contributed by atoms with Crippen LogP contribution in [-0.2, 0) is 44.4 Å². The Morgan fingerprint density at radius 2 is 1.61 bits per heavy atom. The normalized spacial score (nSPS) is 35.6. The van der Waals surface area contributed by atoms with Gasteiger partial charge < -0.3 is 89.0 Å². The smallest absolute Gasteiger partial charge is 0.331 e. The highest BCUT2D eigenvalue weighted by Crippen LogP contribution is 2.34. The lowest BCUT2D eigenvalue weighted by molar-refractivity contribution is -0.360. The molecule has 19 nitrogen and oxygen atoms in total. The first-order valence-corrected chi connectivity index (χ1v) is 17.0. The van der Waals surface area contributed by atoms with E-state index < -0.39 is 117 Å². The quantitative estimate of drug-likeness (QED) is 0.0552. The average Bonchev–Trinajstić information content (AvgIpc) is 3.44. The van der Waals surface area contributed by atoms with E-state index >= 15 is 0 Å². The Bertz CT molecular complexity index is 1590. The van der Waals surface area contributed by atoms with Gasteiger partial charge in [-0.15, -0.1) is 0 Å². The molecule has 3 heterocycles. The van der Waals surface area contributed by atoms with Crippen LogP contribution < -0.4 is 4.74 Å². The summed E-state index contributed by atoms with van der Waals surface area (Å²) >= 11 is 0. The molecule has 3 aliphatic heterocycles. The molecular weight excluding hydrogens is 724 g/mol. The Kier molecular flexibility index (Phi) is 13.7. The summed E-state index contributed by atoms with van der Waals surface area (Å²) in [4.78, 5) is 13.3. The summed E-state index contributed by atoms with van der Waals surface area (Å²) in [6.07, 6.45) is -16.7. The van der Waals surface area contributed by atoms with Crippen molar-refractivity contribution >= 4 is 12.0 Å². The topological polar surface area (TPSA) is 293 Å². The van der Waals surface area contributed by atoms with Crippen LogP contribution in [0.3, 0.4) is 0 Å². The number of ether oxygens (including phenoxy) is 8. The molecule has 3 saturated heterocycles. The number of phenolic OH excluding ortho intramolecular Hbond substituents is 3. The van der Waals surface area contributed by atoms with Crippen molar-refractivity contribution < 1.29 is 93.8 Å². The molecule has 5 rings (SSSR count). The zero-order chi connectivity index (χ0) is 39.3. The second-order valence-electron chi connectivity index (χ2n) is 13.1. The molecule has 0 aromatic heterocycles. The molecule has 2 aromatic carbocycles. The molecule has 54 heavy (non-hydrogen) atoms. The van der Waals surface area contributed by atoms with E-state index in [2.05, 4.69) is 0 Å². The number of hydrogen-bond acceptors (Lipinski definition) is 19. The van der Waals surface area contributed by atoms with Crippen molar-refractivity contribution in [2.75, 3.05) is 33.5 Å². The average molecular weight is 771 g/mol. The maximum atomic E-state index is 13.3. The van der Waals surface area contributed by atoms with Crippen molar-refractivity contribution in [3.05, 3.63) is 53.6 Å². The lowest BCUT2D eigenvalue weighted by atomic mass is 9.96. The maximum absolute atomic E-state index is 13.3. The van der Waals surface area contributed by atoms with Gasteiger partial charge >= 0.3 is 5.97 Å². The molecule has 0 amide bonds. The number of aliphatic hydroxyl groups is 7. The third kappa shape index (κ3) is 9.40. The lowest BCUT2D eigenvalue weighted by Gasteiger charge is -2.46. The van der Waals surface area contributed by atoms with Crippen molar-refractivity contribution in [2.24, 2.45) is 0 Å². The summed E-state index contributed by atoms with van der Waals surface area (Å²) in [5.41, 5.74) is -1.08. The predicted octanol–water partition coefficient (Wildman–Crippen LogP) is -2.25. The summed E-state index contributed by atoms with van der Waals surface area (Å²) < 4.78 is 45.4. The summed E-state index contributed by atoms with van der Waals surface area (Å²) in [5.74, 6) is -1.75. The number of carbonyl (C=O) groups excluding carboxylic acids is 1. The van der Waals surface area contributed by atoms with Crippen LogP contribution in [0.2, 0.25) is 0 Å². The van der Waals surface area contributed by atoms with Gasteiger partial charge in [0.05, 0.1) is 39.6 Å². The Morgan fingerprint density at radius 3 is 2.30 bits per heavy atom. The Balaban J connectivity index is 1.42. The van der Waals surface area contributed by atoms with Crippen LogP contribution in [0.1, 0.15) is 18.1 Å². The SMILES string of the molecule is COc1cc(CCOC2OC(COC3OCC(O)(CO)C3O)C(OC(=O)C=Cc3ccc(O)c(O)c3)C(OC3OC(C)C(O)C(O)C3O)C2O)ccc1O. The molecule has 0 spiro atoms. The molecule has 0 aliphatic carbocycles. The van der Waals surface area contributed by atoms with Crippen molar-refractivity contribution in [1.29, 1.82) is 0 Å². The van der Waals surface area contributed by atoms with Crippen molar-refractivity contribution in [3.8, 4) is 23.0 Å². The highest BCUT2D eigenvalue weighted by Gasteiger charge is 2.54. The fraction of sp³-hybridized carbons (Fsp3) is 0.571. The molecule has 13 atom stereocenters. The van der Waals surface area contributed by atoms with E-state index in [1.54, 1.807) is 12.1 Å². The first-order valence-electron chi connectivity index (χ1n) is 17.0. The van der Waals surface area contributed by atoms with Gasteiger partial charge in [0.1, 0.15) is 48.3 Å². The van der Waals surface area contributed by atoms with E-state index in [9.17, 15) is 55.9 Å². The molecule has 300 valence electrons. The highest BCUT2D eigenvalue weighted by molar-refractivity contribution is 5.87. The van der Waals surface area contributed by atoms with Gasteiger partial charge in [0, 0.05) is 6.08 Å². The molecule has 13 unspecified atom stereocenters. The standard InChI is InChI=1S/C35H46O19/c1-16-25(41)26(42)27(43)33(51-16)54-30-28(44)32(48-10-9-18-4-7-20(38)22(12-18)47-2)52-23(13-49-34-31(45)35(46,14-36)15-50-34)29(30)53-24(40)8-5-17-3-6-19(37)21(39)11-17/h3-8,11-12,16,23,25-34,36-39,41-46H,9-10,13-15H2,1-2H3. The fourth-order valence-electron chi connectivity index (χ4n) is 6.02. The lowest BCUT2D eigenvalue weighted by Crippen LogP contribution is -2.65. The molecule has 10 N–H and O–H groups in total. The Labute approximate surface area is 308 Å².